The van der Waals surface area contributed by atoms with E-state index in [2.05, 4.69) is 30.2 Å². The van der Waals surface area contributed by atoms with Crippen LogP contribution in [-0.2, 0) is 4.79 Å². The van der Waals surface area contributed by atoms with Crippen LogP contribution in [0, 0.1) is 23.6 Å². The maximum absolute atomic E-state index is 13.7. The number of H-pyrrole nitrogens is 1. The molecule has 0 unspecified atom stereocenters. The van der Waals surface area contributed by atoms with Gasteiger partial charge in [0.05, 0.1) is 12.1 Å². The SMILES string of the molecule is O=C(O)[C@H]1C2CCC(CC2)[C@@H]1Nc1nc(Cl)nc(-c2c[nH]c3ncc(F)cc23)n1. The van der Waals surface area contributed by atoms with Gasteiger partial charge in [-0.1, -0.05) is 0 Å². The van der Waals surface area contributed by atoms with Crippen molar-refractivity contribution >= 4 is 34.6 Å². The molecule has 3 aliphatic rings. The van der Waals surface area contributed by atoms with Crippen molar-refractivity contribution in [1.29, 1.82) is 0 Å². The molecule has 3 heterocycles. The highest BCUT2D eigenvalue weighted by Crippen LogP contribution is 2.46. The molecule has 10 heteroatoms. The van der Waals surface area contributed by atoms with E-state index in [1.807, 2.05) is 0 Å². The maximum Gasteiger partial charge on any atom is 0.308 e. The number of aromatic nitrogens is 5. The van der Waals surface area contributed by atoms with E-state index in [1.165, 1.54) is 6.07 Å². The number of halogens is 2. The summed E-state index contributed by atoms with van der Waals surface area (Å²) in [5, 5.41) is 13.5. The summed E-state index contributed by atoms with van der Waals surface area (Å²) < 4.78 is 13.7. The molecule has 2 atom stereocenters. The normalized spacial score (nSPS) is 26.0. The van der Waals surface area contributed by atoms with Crippen molar-refractivity contribution in [3.05, 3.63) is 29.6 Å². The molecule has 3 fully saturated rings. The van der Waals surface area contributed by atoms with Gasteiger partial charge in [-0.2, -0.15) is 15.0 Å². The smallest absolute Gasteiger partial charge is 0.308 e. The number of aliphatic carboxylic acids is 1. The number of anilines is 1. The number of pyridine rings is 1. The molecule has 0 radical (unpaired) electrons. The minimum absolute atomic E-state index is 0.0240. The van der Waals surface area contributed by atoms with Crippen LogP contribution in [0.3, 0.4) is 0 Å². The minimum Gasteiger partial charge on any atom is -0.481 e. The molecule has 0 saturated heterocycles. The molecule has 150 valence electrons. The fourth-order valence-corrected chi connectivity index (χ4v) is 5.02. The summed E-state index contributed by atoms with van der Waals surface area (Å²) >= 11 is 6.13. The highest BCUT2D eigenvalue weighted by atomic mass is 35.5. The van der Waals surface area contributed by atoms with Gasteiger partial charge in [-0.3, -0.25) is 4.79 Å². The van der Waals surface area contributed by atoms with Crippen LogP contribution in [0.4, 0.5) is 10.3 Å². The van der Waals surface area contributed by atoms with Crippen LogP contribution in [0.25, 0.3) is 22.4 Å². The van der Waals surface area contributed by atoms with Gasteiger partial charge in [-0.15, -0.1) is 0 Å². The van der Waals surface area contributed by atoms with Gasteiger partial charge in [-0.25, -0.2) is 9.37 Å². The van der Waals surface area contributed by atoms with Crippen molar-refractivity contribution in [3.63, 3.8) is 0 Å². The first kappa shape index (κ1) is 18.2. The number of carboxylic acid groups (broad SMARTS) is 1. The summed E-state index contributed by atoms with van der Waals surface area (Å²) in [5.41, 5.74) is 1.04. The molecule has 8 nitrogen and oxygen atoms in total. The summed E-state index contributed by atoms with van der Waals surface area (Å²) in [6.07, 6.45) is 6.62. The van der Waals surface area contributed by atoms with E-state index in [1.54, 1.807) is 6.20 Å². The van der Waals surface area contributed by atoms with Crippen molar-refractivity contribution in [1.82, 2.24) is 24.9 Å². The molecule has 3 N–H and O–H groups in total. The molecular formula is C19H18ClFN6O2. The number of aromatic amines is 1. The number of nitrogens with zero attached hydrogens (tertiary/aromatic N) is 4. The molecule has 2 bridgehead atoms. The summed E-state index contributed by atoms with van der Waals surface area (Å²) in [5.74, 6) is -0.842. The lowest BCUT2D eigenvalue weighted by Gasteiger charge is -2.46. The molecular weight excluding hydrogens is 399 g/mol. The van der Waals surface area contributed by atoms with Crippen molar-refractivity contribution in [2.24, 2.45) is 17.8 Å². The van der Waals surface area contributed by atoms with Crippen LogP contribution >= 0.6 is 11.6 Å². The fraction of sp³-hybridized carbons (Fsp3) is 0.421. The number of carbonyl (C=O) groups is 1. The third kappa shape index (κ3) is 3.19. The van der Waals surface area contributed by atoms with E-state index in [0.717, 1.165) is 31.9 Å². The fourth-order valence-electron chi connectivity index (χ4n) is 4.86. The molecule has 6 rings (SSSR count). The summed E-state index contributed by atoms with van der Waals surface area (Å²) in [7, 11) is 0. The quantitative estimate of drug-likeness (QED) is 0.595. The van der Waals surface area contributed by atoms with Gasteiger partial charge in [0.2, 0.25) is 11.2 Å². The van der Waals surface area contributed by atoms with Crippen LogP contribution < -0.4 is 5.32 Å². The highest BCUT2D eigenvalue weighted by Gasteiger charge is 2.47. The number of carboxylic acids is 1. The molecule has 3 saturated carbocycles. The van der Waals surface area contributed by atoms with Gasteiger partial charge in [-0.05, 0) is 55.2 Å². The molecule has 0 spiro atoms. The van der Waals surface area contributed by atoms with Gasteiger partial charge in [0.1, 0.15) is 11.5 Å². The van der Waals surface area contributed by atoms with E-state index in [0.29, 0.717) is 16.6 Å². The van der Waals surface area contributed by atoms with Gasteiger partial charge in [0.25, 0.3) is 0 Å². The van der Waals surface area contributed by atoms with E-state index >= 15 is 0 Å². The molecule has 0 aliphatic heterocycles. The van der Waals surface area contributed by atoms with E-state index in [-0.39, 0.29) is 34.9 Å². The Kier molecular flexibility index (Phi) is 4.34. The number of hydrogen-bond donors (Lipinski definition) is 3. The molecule has 0 amide bonds. The predicted octanol–water partition coefficient (Wildman–Crippen LogP) is 3.51. The van der Waals surface area contributed by atoms with Crippen LogP contribution in [0.5, 0.6) is 0 Å². The molecule has 29 heavy (non-hydrogen) atoms. The maximum atomic E-state index is 13.7. The second kappa shape index (κ2) is 6.91. The van der Waals surface area contributed by atoms with Crippen LogP contribution in [0.15, 0.2) is 18.5 Å². The summed E-state index contributed by atoms with van der Waals surface area (Å²) in [4.78, 5) is 31.6. The lowest BCUT2D eigenvalue weighted by atomic mass is 9.61. The number of rotatable bonds is 4. The Balaban J connectivity index is 1.51. The van der Waals surface area contributed by atoms with E-state index in [9.17, 15) is 14.3 Å². The van der Waals surface area contributed by atoms with Crippen molar-refractivity contribution in [2.75, 3.05) is 5.32 Å². The average Bonchev–Trinajstić information content (AvgIpc) is 3.11. The highest BCUT2D eigenvalue weighted by molar-refractivity contribution is 6.28. The monoisotopic (exact) mass is 416 g/mol. The topological polar surface area (TPSA) is 117 Å². The zero-order valence-electron chi connectivity index (χ0n) is 15.3. The number of hydrogen-bond acceptors (Lipinski definition) is 6. The van der Waals surface area contributed by atoms with Gasteiger partial charge in [0, 0.05) is 23.2 Å². The number of fused-ring (bicyclic) bond motifs is 4. The Bertz CT molecular complexity index is 1100. The zero-order chi connectivity index (χ0) is 20.1. The second-order valence-electron chi connectivity index (χ2n) is 7.71. The zero-order valence-corrected chi connectivity index (χ0v) is 16.0. The third-order valence-corrected chi connectivity index (χ3v) is 6.32. The standard InChI is InChI=1S/C19H18ClFN6O2/c20-18-25-16(12-7-23-15-11(12)5-10(21)6-22-15)26-19(27-18)24-14-9-3-1-8(2-4-9)13(14)17(28)29/h5-9,13-14H,1-4H2,(H,22,23)(H,28,29)(H,24,25,26,27)/t8?,9?,13-,14-/m0/s1. The number of nitrogens with one attached hydrogen (secondary N) is 2. The Labute approximate surface area is 170 Å². The first-order valence-electron chi connectivity index (χ1n) is 9.53. The van der Waals surface area contributed by atoms with Crippen LogP contribution in [0.2, 0.25) is 5.28 Å². The summed E-state index contributed by atoms with van der Waals surface area (Å²) in [6, 6.07) is 1.09. The van der Waals surface area contributed by atoms with Crippen molar-refractivity contribution in [2.45, 2.75) is 31.7 Å². The molecule has 3 aromatic heterocycles. The van der Waals surface area contributed by atoms with Crippen molar-refractivity contribution < 1.29 is 14.3 Å². The Morgan fingerprint density at radius 2 is 1.97 bits per heavy atom. The first-order valence-corrected chi connectivity index (χ1v) is 9.91. The van der Waals surface area contributed by atoms with Crippen molar-refractivity contribution in [3.8, 4) is 11.4 Å². The third-order valence-electron chi connectivity index (χ3n) is 6.15. The van der Waals surface area contributed by atoms with Crippen LogP contribution in [0.1, 0.15) is 25.7 Å². The Morgan fingerprint density at radius 3 is 2.72 bits per heavy atom. The first-order chi connectivity index (χ1) is 14.0. The van der Waals surface area contributed by atoms with Gasteiger partial charge >= 0.3 is 5.97 Å². The van der Waals surface area contributed by atoms with E-state index < -0.39 is 17.7 Å². The van der Waals surface area contributed by atoms with Gasteiger partial charge in [0.15, 0.2) is 5.82 Å². The molecule has 3 aliphatic carbocycles. The molecule has 3 aromatic rings. The molecule has 0 aromatic carbocycles. The minimum atomic E-state index is -0.796. The Hall–Kier alpha value is -2.81. The van der Waals surface area contributed by atoms with Crippen LogP contribution in [-0.4, -0.2) is 42.0 Å². The lowest BCUT2D eigenvalue weighted by Crippen LogP contribution is -2.51. The largest absolute Gasteiger partial charge is 0.481 e. The Morgan fingerprint density at radius 1 is 1.21 bits per heavy atom. The van der Waals surface area contributed by atoms with E-state index in [4.69, 9.17) is 11.6 Å². The average molecular weight is 417 g/mol. The lowest BCUT2D eigenvalue weighted by molar-refractivity contribution is -0.148. The van der Waals surface area contributed by atoms with Gasteiger partial charge < -0.3 is 15.4 Å². The summed E-state index contributed by atoms with van der Waals surface area (Å²) in [6.45, 7) is 0. The predicted molar refractivity (Wildman–Crippen MR) is 104 cm³/mol. The second-order valence-corrected chi connectivity index (χ2v) is 8.05.